The molecule has 0 aliphatic carbocycles. The van der Waals surface area contributed by atoms with Crippen LogP contribution < -0.4 is 65.3 Å². The Morgan fingerprint density at radius 3 is 1.51 bits per heavy atom. The molecule has 0 aromatic heterocycles. The molecule has 18 N–H and O–H groups in total. The van der Waals surface area contributed by atoms with Crippen LogP contribution in [-0.4, -0.2) is 161 Å². The smallest absolute Gasteiger partial charge is 0.326 e. The van der Waals surface area contributed by atoms with Gasteiger partial charge in [0, 0.05) is 50.9 Å². The number of aliphatic carboxylic acids is 1. The van der Waals surface area contributed by atoms with Gasteiger partial charge in [-0.1, -0.05) is 68.4 Å². The molecule has 0 aliphatic heterocycles. The van der Waals surface area contributed by atoms with E-state index in [4.69, 9.17) is 33.4 Å². The van der Waals surface area contributed by atoms with Gasteiger partial charge in [-0.2, -0.15) is 25.3 Å². The predicted molar refractivity (Wildman–Crippen MR) is 309 cm³/mol. The van der Waals surface area contributed by atoms with Gasteiger partial charge in [0.15, 0.2) is 11.9 Å². The molecule has 3 rings (SSSR count). The fraction of sp³-hybridized carbons (Fsp3) is 0.472. The average Bonchev–Trinajstić information content (AvgIpc) is 3.42. The first-order chi connectivity index (χ1) is 38.0. The third-order valence-electron chi connectivity index (χ3n) is 12.4. The molecule has 0 bridgehead atoms. The molecule has 0 unspecified atom stereocenters. The number of phenolic OH excluding ortho intramolecular Hbond substituents is 1. The van der Waals surface area contributed by atoms with Crippen LogP contribution in [0.15, 0.2) is 88.8 Å². The van der Waals surface area contributed by atoms with Crippen LogP contribution in [-0.2, 0) is 57.6 Å². The highest BCUT2D eigenvalue weighted by atomic mass is 32.1. The Labute approximate surface area is 476 Å². The number of carbonyl (C=O) groups is 8. The summed E-state index contributed by atoms with van der Waals surface area (Å²) in [6.45, 7) is 5.66. The number of nitrogens with zero attached hydrogens (tertiary/aromatic N) is 3. The number of carbonyl (C=O) groups excluding carboxylic acids is 7. The Balaban J connectivity index is 1.98. The number of aliphatic imine (C=N–C) groups is 2. The highest BCUT2D eigenvalue weighted by Crippen LogP contribution is 2.17. The lowest BCUT2D eigenvalue weighted by molar-refractivity contribution is -0.145. The van der Waals surface area contributed by atoms with E-state index in [-0.39, 0.29) is 87.2 Å². The maximum absolute atomic E-state index is 14.6. The van der Waals surface area contributed by atoms with Crippen LogP contribution in [0.25, 0.3) is 0 Å². The summed E-state index contributed by atoms with van der Waals surface area (Å²) in [7, 11) is 1.30. The zero-order valence-electron chi connectivity index (χ0n) is 45.4. The molecular weight excluding hydrogens is 1070 g/mol. The second-order valence-electron chi connectivity index (χ2n) is 19.0. The van der Waals surface area contributed by atoms with Gasteiger partial charge in [-0.3, -0.25) is 43.5 Å². The standard InChI is InChI=1S/C53H78N14O11S2/c1-5-78-35-21-17-33(18-22-35)27-39(46(71)65-41(29-80)50(75)67(4)42(14-10-24-60-53(57)58)48(73)61-37(51(76)77)13-9-23-59-52(55)56)64-49(74)43(30(2)3)66-47(72)40(25-31-11-7-6-8-12-31)63-45(70)38(62-44(69)36(54)28-79)26-32-15-19-34(68)20-16-32/h6-8,11-12,15-22,30,36-43,68,79-80H,5,9-10,13-14,23-29,54H2,1-4H3,(H,61,73)(H,62,69)(H,63,70)(H,64,74)(H,65,71)(H,66,72)(H,76,77)(H4,55,56,59)(H4,57,58,60)/t36-,37-,38-,39+,40-,41-,42-,43-/m0/s1. The zero-order valence-corrected chi connectivity index (χ0v) is 47.2. The summed E-state index contributed by atoms with van der Waals surface area (Å²) in [5.41, 5.74) is 29.5. The number of phenols is 1. The first-order valence-electron chi connectivity index (χ1n) is 25.9. The molecule has 25 nitrogen and oxygen atoms in total. The summed E-state index contributed by atoms with van der Waals surface area (Å²) in [6, 6.07) is 10.9. The van der Waals surface area contributed by atoms with E-state index in [1.807, 2.05) is 6.92 Å². The summed E-state index contributed by atoms with van der Waals surface area (Å²) in [5, 5.41) is 35.9. The highest BCUT2D eigenvalue weighted by molar-refractivity contribution is 7.80. The molecule has 7 amide bonds. The Morgan fingerprint density at radius 2 is 1.04 bits per heavy atom. The molecule has 3 aromatic carbocycles. The Hall–Kier alpha value is -7.78. The number of rotatable bonds is 34. The maximum atomic E-state index is 14.6. The number of guanidine groups is 2. The number of benzene rings is 3. The number of nitrogens with one attached hydrogen (secondary N) is 6. The van der Waals surface area contributed by atoms with Crippen molar-refractivity contribution in [3.8, 4) is 11.5 Å². The minimum absolute atomic E-state index is 0.0204. The van der Waals surface area contributed by atoms with Crippen LogP contribution in [0, 0.1) is 5.92 Å². The number of ether oxygens (including phenoxy) is 1. The van der Waals surface area contributed by atoms with E-state index in [0.29, 0.717) is 29.0 Å². The van der Waals surface area contributed by atoms with Crippen molar-refractivity contribution in [3.63, 3.8) is 0 Å². The number of carboxylic acid groups (broad SMARTS) is 1. The average molecular weight is 1150 g/mol. The van der Waals surface area contributed by atoms with Crippen molar-refractivity contribution in [2.45, 2.75) is 114 Å². The normalized spacial score (nSPS) is 13.9. The minimum Gasteiger partial charge on any atom is -0.508 e. The van der Waals surface area contributed by atoms with E-state index in [9.17, 15) is 48.6 Å². The van der Waals surface area contributed by atoms with Crippen LogP contribution in [0.3, 0.4) is 0 Å². The van der Waals surface area contributed by atoms with Gasteiger partial charge in [0.25, 0.3) is 0 Å². The molecule has 438 valence electrons. The van der Waals surface area contributed by atoms with Crippen molar-refractivity contribution in [1.29, 1.82) is 0 Å². The highest BCUT2D eigenvalue weighted by Gasteiger charge is 2.37. The van der Waals surface area contributed by atoms with E-state index < -0.39 is 102 Å². The quantitative estimate of drug-likeness (QED) is 0.0141. The number of carboxylic acids is 1. The van der Waals surface area contributed by atoms with Gasteiger partial charge >= 0.3 is 5.97 Å². The number of likely N-dealkylation sites (N-methyl/N-ethyl adjacent to an activating group) is 1. The number of hydrogen-bond donors (Lipinski definition) is 15. The lowest BCUT2D eigenvalue weighted by Crippen LogP contribution is -2.61. The lowest BCUT2D eigenvalue weighted by atomic mass is 9.99. The van der Waals surface area contributed by atoms with Gasteiger partial charge in [0.05, 0.1) is 12.6 Å². The molecule has 0 saturated carbocycles. The number of hydrogen-bond acceptors (Lipinski definition) is 15. The summed E-state index contributed by atoms with van der Waals surface area (Å²) in [5.74, 6) is -7.69. The SMILES string of the molecule is CCOc1ccc(C[C@@H](NC(=O)[C@@H](NC(=O)[C@H](Cc2ccccc2)NC(=O)[C@H](Cc2ccc(O)cc2)NC(=O)[C@@H](N)CS)C(C)C)C(=O)N[C@@H](CS)C(=O)N(C)[C@@H](CCCN=C(N)N)C(=O)N[C@@H](CCCN=C(N)N)C(=O)O)cc1. The van der Waals surface area contributed by atoms with Gasteiger partial charge in [-0.25, -0.2) is 4.79 Å². The summed E-state index contributed by atoms with van der Waals surface area (Å²) < 4.78 is 5.59. The van der Waals surface area contributed by atoms with E-state index in [1.165, 1.54) is 19.2 Å². The second kappa shape index (κ2) is 34.3. The Morgan fingerprint density at radius 1 is 0.588 bits per heavy atom. The summed E-state index contributed by atoms with van der Waals surface area (Å²) >= 11 is 8.49. The summed E-state index contributed by atoms with van der Waals surface area (Å²) in [4.78, 5) is 120. The van der Waals surface area contributed by atoms with E-state index in [2.05, 4.69) is 67.1 Å². The lowest BCUT2D eigenvalue weighted by Gasteiger charge is -2.32. The molecular formula is C53H78N14O11S2. The predicted octanol–water partition coefficient (Wildman–Crippen LogP) is -1.41. The molecule has 27 heteroatoms. The molecule has 0 aliphatic rings. The maximum Gasteiger partial charge on any atom is 0.326 e. The van der Waals surface area contributed by atoms with Gasteiger partial charge in [0.2, 0.25) is 41.4 Å². The van der Waals surface area contributed by atoms with Crippen molar-refractivity contribution in [1.82, 2.24) is 36.8 Å². The van der Waals surface area contributed by atoms with Crippen molar-refractivity contribution >= 4 is 84.5 Å². The van der Waals surface area contributed by atoms with Crippen LogP contribution in [0.2, 0.25) is 0 Å². The van der Waals surface area contributed by atoms with E-state index >= 15 is 0 Å². The Bertz CT molecular complexity index is 2570. The van der Waals surface area contributed by atoms with Crippen molar-refractivity contribution in [2.24, 2.45) is 44.6 Å². The molecule has 0 heterocycles. The number of thiol groups is 2. The number of nitrogens with two attached hydrogens (primary N) is 5. The van der Waals surface area contributed by atoms with Gasteiger partial charge < -0.3 is 80.4 Å². The van der Waals surface area contributed by atoms with E-state index in [1.54, 1.807) is 80.6 Å². The summed E-state index contributed by atoms with van der Waals surface area (Å²) in [6.07, 6.45) is -0.00199. The molecule has 0 spiro atoms. The first-order valence-corrected chi connectivity index (χ1v) is 27.2. The minimum atomic E-state index is -1.42. The molecule has 8 atom stereocenters. The van der Waals surface area contributed by atoms with Crippen LogP contribution in [0.1, 0.15) is 63.1 Å². The van der Waals surface area contributed by atoms with Gasteiger partial charge in [-0.15, -0.1) is 0 Å². The molecule has 0 fully saturated rings. The van der Waals surface area contributed by atoms with E-state index in [0.717, 1.165) is 4.90 Å². The topological polar surface area (TPSA) is 416 Å². The third-order valence-corrected chi connectivity index (χ3v) is 13.2. The Kier molecular flexibility index (Phi) is 28.5. The van der Waals surface area contributed by atoms with Gasteiger partial charge in [0.1, 0.15) is 53.8 Å². The number of amides is 7. The largest absolute Gasteiger partial charge is 0.508 e. The molecule has 3 aromatic rings. The fourth-order valence-corrected chi connectivity index (χ4v) is 8.45. The molecule has 80 heavy (non-hydrogen) atoms. The molecule has 0 radical (unpaired) electrons. The number of aromatic hydroxyl groups is 1. The van der Waals surface area contributed by atoms with Crippen molar-refractivity contribution in [2.75, 3.05) is 38.2 Å². The fourth-order valence-electron chi connectivity index (χ4n) is 8.03. The van der Waals surface area contributed by atoms with Gasteiger partial charge in [-0.05, 0) is 79.5 Å². The molecule has 0 saturated heterocycles. The van der Waals surface area contributed by atoms with Crippen LogP contribution in [0.4, 0.5) is 0 Å². The zero-order chi connectivity index (χ0) is 59.5. The monoisotopic (exact) mass is 1150 g/mol. The first kappa shape index (κ1) is 66.5. The van der Waals surface area contributed by atoms with Crippen LogP contribution in [0.5, 0.6) is 11.5 Å². The van der Waals surface area contributed by atoms with Crippen molar-refractivity contribution in [3.05, 3.63) is 95.6 Å². The van der Waals surface area contributed by atoms with Crippen molar-refractivity contribution < 1.29 is 53.3 Å². The second-order valence-corrected chi connectivity index (χ2v) is 19.8. The third kappa shape index (κ3) is 22.9. The van der Waals surface area contributed by atoms with Crippen LogP contribution >= 0.6 is 25.3 Å².